The SMILES string of the molecule is O=C(Nc1ccc([N+](=O)[O-])cc1O)[C@@H]1CCCO1. The fraction of sp³-hybridized carbons (Fsp3) is 0.364. The molecule has 0 aromatic heterocycles. The van der Waals surface area contributed by atoms with E-state index in [1.54, 1.807) is 0 Å². The van der Waals surface area contributed by atoms with Gasteiger partial charge in [-0.25, -0.2) is 0 Å². The molecule has 0 saturated carbocycles. The number of nitro groups is 1. The molecule has 0 bridgehead atoms. The summed E-state index contributed by atoms with van der Waals surface area (Å²) in [6.07, 6.45) is 0.948. The highest BCUT2D eigenvalue weighted by molar-refractivity contribution is 5.95. The lowest BCUT2D eigenvalue weighted by Crippen LogP contribution is -2.26. The van der Waals surface area contributed by atoms with E-state index in [9.17, 15) is 20.0 Å². The lowest BCUT2D eigenvalue weighted by molar-refractivity contribution is -0.384. The van der Waals surface area contributed by atoms with Crippen LogP contribution in [0.3, 0.4) is 0 Å². The van der Waals surface area contributed by atoms with E-state index in [0.717, 1.165) is 12.5 Å². The maximum Gasteiger partial charge on any atom is 0.273 e. The highest BCUT2D eigenvalue weighted by Gasteiger charge is 2.24. The number of carbonyl (C=O) groups excluding carboxylic acids is 1. The highest BCUT2D eigenvalue weighted by atomic mass is 16.6. The number of phenols is 1. The number of nitrogens with zero attached hydrogens (tertiary/aromatic N) is 1. The standard InChI is InChI=1S/C11H12N2O5/c14-9-6-7(13(16)17)3-4-8(9)12-11(15)10-2-1-5-18-10/h3-4,6,10,14H,1-2,5H2,(H,12,15)/t10-/m0/s1. The van der Waals surface area contributed by atoms with Crippen LogP contribution in [0.2, 0.25) is 0 Å². The number of benzene rings is 1. The fourth-order valence-electron chi connectivity index (χ4n) is 1.74. The van der Waals surface area contributed by atoms with E-state index >= 15 is 0 Å². The van der Waals surface area contributed by atoms with Crippen LogP contribution < -0.4 is 5.32 Å². The molecule has 2 rings (SSSR count). The normalized spacial score (nSPS) is 18.6. The first kappa shape index (κ1) is 12.3. The van der Waals surface area contributed by atoms with E-state index in [1.165, 1.54) is 12.1 Å². The van der Waals surface area contributed by atoms with Crippen molar-refractivity contribution in [2.45, 2.75) is 18.9 Å². The van der Waals surface area contributed by atoms with Crippen LogP contribution in [0, 0.1) is 10.1 Å². The zero-order chi connectivity index (χ0) is 13.1. The van der Waals surface area contributed by atoms with Crippen LogP contribution in [-0.4, -0.2) is 28.6 Å². The molecule has 0 spiro atoms. The van der Waals surface area contributed by atoms with Gasteiger partial charge in [0.15, 0.2) is 0 Å². The summed E-state index contributed by atoms with van der Waals surface area (Å²) in [6.45, 7) is 0.546. The molecule has 7 nitrogen and oxygen atoms in total. The smallest absolute Gasteiger partial charge is 0.273 e. The summed E-state index contributed by atoms with van der Waals surface area (Å²) in [5.74, 6) is -0.688. The molecular formula is C11H12N2O5. The van der Waals surface area contributed by atoms with Gasteiger partial charge in [-0.2, -0.15) is 0 Å². The molecule has 0 unspecified atom stereocenters. The van der Waals surface area contributed by atoms with Gasteiger partial charge in [0, 0.05) is 12.7 Å². The van der Waals surface area contributed by atoms with Crippen LogP contribution in [0.1, 0.15) is 12.8 Å². The summed E-state index contributed by atoms with van der Waals surface area (Å²) < 4.78 is 5.19. The van der Waals surface area contributed by atoms with E-state index in [-0.39, 0.29) is 23.0 Å². The van der Waals surface area contributed by atoms with Crippen LogP contribution in [0.15, 0.2) is 18.2 Å². The molecular weight excluding hydrogens is 240 g/mol. The number of nitrogens with one attached hydrogen (secondary N) is 1. The van der Waals surface area contributed by atoms with Gasteiger partial charge in [0.2, 0.25) is 0 Å². The number of hydrogen-bond donors (Lipinski definition) is 2. The molecule has 1 aliphatic heterocycles. The third kappa shape index (κ3) is 2.57. The van der Waals surface area contributed by atoms with Crippen molar-refractivity contribution in [3.05, 3.63) is 28.3 Å². The summed E-state index contributed by atoms with van der Waals surface area (Å²) in [5, 5.41) is 22.5. The Hall–Kier alpha value is -2.15. The third-order valence-corrected chi connectivity index (χ3v) is 2.67. The number of aromatic hydroxyl groups is 1. The Kier molecular flexibility index (Phi) is 3.42. The molecule has 2 N–H and O–H groups in total. The minimum Gasteiger partial charge on any atom is -0.506 e. The number of non-ortho nitro benzene ring substituents is 1. The van der Waals surface area contributed by atoms with Crippen molar-refractivity contribution in [3.8, 4) is 5.75 Å². The monoisotopic (exact) mass is 252 g/mol. The molecule has 1 aromatic rings. The Bertz CT molecular complexity index is 482. The number of carbonyl (C=O) groups is 1. The van der Waals surface area contributed by atoms with Crippen molar-refractivity contribution in [2.24, 2.45) is 0 Å². The first-order valence-corrected chi connectivity index (χ1v) is 5.48. The third-order valence-electron chi connectivity index (χ3n) is 2.67. The Morgan fingerprint density at radius 3 is 2.89 bits per heavy atom. The van der Waals surface area contributed by atoms with Gasteiger partial charge < -0.3 is 15.2 Å². The van der Waals surface area contributed by atoms with Gasteiger partial charge >= 0.3 is 0 Å². The largest absolute Gasteiger partial charge is 0.506 e. The van der Waals surface area contributed by atoms with Crippen LogP contribution >= 0.6 is 0 Å². The summed E-state index contributed by atoms with van der Waals surface area (Å²) in [4.78, 5) is 21.6. The topological polar surface area (TPSA) is 102 Å². The molecule has 7 heteroatoms. The van der Waals surface area contributed by atoms with Gasteiger partial charge in [-0.15, -0.1) is 0 Å². The number of phenolic OH excluding ortho intramolecular Hbond substituents is 1. The number of anilines is 1. The van der Waals surface area contributed by atoms with Crippen molar-refractivity contribution in [1.82, 2.24) is 0 Å². The fourth-order valence-corrected chi connectivity index (χ4v) is 1.74. The molecule has 96 valence electrons. The Morgan fingerprint density at radius 1 is 1.56 bits per heavy atom. The molecule has 1 aromatic carbocycles. The lowest BCUT2D eigenvalue weighted by atomic mass is 10.2. The molecule has 1 fully saturated rings. The van der Waals surface area contributed by atoms with Gasteiger partial charge in [0.05, 0.1) is 16.7 Å². The van der Waals surface area contributed by atoms with Crippen molar-refractivity contribution in [2.75, 3.05) is 11.9 Å². The van der Waals surface area contributed by atoms with Gasteiger partial charge in [-0.05, 0) is 18.9 Å². The van der Waals surface area contributed by atoms with E-state index < -0.39 is 11.0 Å². The van der Waals surface area contributed by atoms with Crippen LogP contribution in [-0.2, 0) is 9.53 Å². The number of amides is 1. The van der Waals surface area contributed by atoms with Crippen LogP contribution in [0.5, 0.6) is 5.75 Å². The maximum absolute atomic E-state index is 11.7. The Labute approximate surface area is 103 Å². The van der Waals surface area contributed by atoms with E-state index in [0.29, 0.717) is 13.0 Å². The second-order valence-corrected chi connectivity index (χ2v) is 3.95. The van der Waals surface area contributed by atoms with Gasteiger partial charge in [0.1, 0.15) is 11.9 Å². The molecule has 1 aliphatic rings. The van der Waals surface area contributed by atoms with Crippen molar-refractivity contribution >= 4 is 17.3 Å². The maximum atomic E-state index is 11.7. The van der Waals surface area contributed by atoms with Gasteiger partial charge in [0.25, 0.3) is 11.6 Å². The molecule has 1 atom stereocenters. The second-order valence-electron chi connectivity index (χ2n) is 3.95. The zero-order valence-electron chi connectivity index (χ0n) is 9.46. The average Bonchev–Trinajstić information content (AvgIpc) is 2.85. The lowest BCUT2D eigenvalue weighted by Gasteiger charge is -2.11. The summed E-state index contributed by atoms with van der Waals surface area (Å²) in [6, 6.07) is 3.50. The number of rotatable bonds is 3. The van der Waals surface area contributed by atoms with E-state index in [4.69, 9.17) is 4.74 Å². The molecule has 1 heterocycles. The minimum atomic E-state index is -0.620. The van der Waals surface area contributed by atoms with Gasteiger partial charge in [-0.3, -0.25) is 14.9 Å². The molecule has 18 heavy (non-hydrogen) atoms. The zero-order valence-corrected chi connectivity index (χ0v) is 9.46. The quantitative estimate of drug-likeness (QED) is 0.481. The number of ether oxygens (including phenoxy) is 1. The molecule has 0 aliphatic carbocycles. The first-order chi connectivity index (χ1) is 8.58. The highest BCUT2D eigenvalue weighted by Crippen LogP contribution is 2.28. The van der Waals surface area contributed by atoms with Gasteiger partial charge in [-0.1, -0.05) is 0 Å². The summed E-state index contributed by atoms with van der Waals surface area (Å²) >= 11 is 0. The average molecular weight is 252 g/mol. The Balaban J connectivity index is 2.09. The Morgan fingerprint density at radius 2 is 2.33 bits per heavy atom. The number of nitro benzene ring substituents is 1. The predicted molar refractivity (Wildman–Crippen MR) is 62.4 cm³/mol. The number of hydrogen-bond acceptors (Lipinski definition) is 5. The molecule has 1 saturated heterocycles. The minimum absolute atomic E-state index is 0.140. The predicted octanol–water partition coefficient (Wildman–Crippen LogP) is 1.42. The molecule has 0 radical (unpaired) electrons. The van der Waals surface area contributed by atoms with Crippen molar-refractivity contribution in [3.63, 3.8) is 0 Å². The molecule has 1 amide bonds. The van der Waals surface area contributed by atoms with Crippen molar-refractivity contribution in [1.29, 1.82) is 0 Å². The van der Waals surface area contributed by atoms with Crippen molar-refractivity contribution < 1.29 is 19.6 Å². The van der Waals surface area contributed by atoms with E-state index in [2.05, 4.69) is 5.32 Å². The van der Waals surface area contributed by atoms with Crippen LogP contribution in [0.4, 0.5) is 11.4 Å². The summed E-state index contributed by atoms with van der Waals surface area (Å²) in [5.41, 5.74) is -0.0938. The summed E-state index contributed by atoms with van der Waals surface area (Å²) in [7, 11) is 0. The first-order valence-electron chi connectivity index (χ1n) is 5.48. The second kappa shape index (κ2) is 5.01. The van der Waals surface area contributed by atoms with Crippen LogP contribution in [0.25, 0.3) is 0 Å². The van der Waals surface area contributed by atoms with E-state index in [1.807, 2.05) is 0 Å².